The highest BCUT2D eigenvalue weighted by atomic mass is 79.9. The molecule has 0 spiro atoms. The minimum Gasteiger partial charge on any atom is -0.355 e. The van der Waals surface area contributed by atoms with Gasteiger partial charge in [-0.3, -0.25) is 9.59 Å². The van der Waals surface area contributed by atoms with Gasteiger partial charge in [0.2, 0.25) is 0 Å². The fourth-order valence-electron chi connectivity index (χ4n) is 2.22. The van der Waals surface area contributed by atoms with Crippen LogP contribution in [0.5, 0.6) is 0 Å². The third kappa shape index (κ3) is 3.74. The lowest BCUT2D eigenvalue weighted by atomic mass is 10.1. The molecule has 0 bridgehead atoms. The van der Waals surface area contributed by atoms with E-state index in [1.165, 1.54) is 17.9 Å². The summed E-state index contributed by atoms with van der Waals surface area (Å²) in [6.07, 6.45) is 1.53. The zero-order valence-electron chi connectivity index (χ0n) is 13.2. The number of nitrogens with zero attached hydrogens (tertiary/aromatic N) is 3. The molecular formula is C17H14BrN5O2. The van der Waals surface area contributed by atoms with Crippen molar-refractivity contribution in [2.24, 2.45) is 0 Å². The Kier molecular flexibility index (Phi) is 4.90. The van der Waals surface area contributed by atoms with E-state index in [-0.39, 0.29) is 11.6 Å². The van der Waals surface area contributed by atoms with Crippen molar-refractivity contribution in [1.82, 2.24) is 20.3 Å². The van der Waals surface area contributed by atoms with Crippen LogP contribution < -0.4 is 10.6 Å². The maximum Gasteiger partial charge on any atom is 0.277 e. The van der Waals surface area contributed by atoms with Crippen LogP contribution in [-0.4, -0.2) is 33.9 Å². The topological polar surface area (TPSA) is 88.9 Å². The van der Waals surface area contributed by atoms with Gasteiger partial charge in [0, 0.05) is 11.5 Å². The number of carbonyl (C=O) groups excluding carboxylic acids is 2. The highest BCUT2D eigenvalue weighted by Crippen LogP contribution is 2.17. The van der Waals surface area contributed by atoms with E-state index in [4.69, 9.17) is 0 Å². The molecule has 25 heavy (non-hydrogen) atoms. The van der Waals surface area contributed by atoms with Gasteiger partial charge in [0.1, 0.15) is 0 Å². The fourth-order valence-corrected chi connectivity index (χ4v) is 2.61. The number of aromatic nitrogens is 3. The molecule has 0 saturated carbocycles. The Labute approximate surface area is 152 Å². The average Bonchev–Trinajstić information content (AvgIpc) is 3.12. The van der Waals surface area contributed by atoms with Gasteiger partial charge in [-0.25, -0.2) is 4.68 Å². The zero-order chi connectivity index (χ0) is 17.8. The number of carbonyl (C=O) groups is 2. The second kappa shape index (κ2) is 7.27. The van der Waals surface area contributed by atoms with Crippen molar-refractivity contribution in [1.29, 1.82) is 0 Å². The standard InChI is InChI=1S/C17H14BrN5O2/c1-19-16(24)13-7-2-3-8-14(13)20-17(25)15-10-23(22-21-15)12-6-4-5-11(18)9-12/h2-10H,1H3,(H,19,24)(H,20,25). The first-order valence-corrected chi connectivity index (χ1v) is 8.18. The van der Waals surface area contributed by atoms with Crippen molar-refractivity contribution >= 4 is 33.4 Å². The number of rotatable bonds is 4. The van der Waals surface area contributed by atoms with Crippen LogP contribution in [0.2, 0.25) is 0 Å². The maximum absolute atomic E-state index is 12.4. The van der Waals surface area contributed by atoms with Crippen LogP contribution in [0.25, 0.3) is 5.69 Å². The molecule has 2 aromatic carbocycles. The monoisotopic (exact) mass is 399 g/mol. The Bertz CT molecular complexity index is 938. The van der Waals surface area contributed by atoms with E-state index in [2.05, 4.69) is 36.9 Å². The summed E-state index contributed by atoms with van der Waals surface area (Å²) < 4.78 is 2.40. The Hall–Kier alpha value is -3.00. The third-order valence-corrected chi connectivity index (χ3v) is 3.94. The highest BCUT2D eigenvalue weighted by Gasteiger charge is 2.16. The molecular weight excluding hydrogens is 386 g/mol. The number of para-hydroxylation sites is 1. The van der Waals surface area contributed by atoms with Gasteiger partial charge in [-0.05, 0) is 30.3 Å². The number of amides is 2. The third-order valence-electron chi connectivity index (χ3n) is 3.45. The van der Waals surface area contributed by atoms with Crippen LogP contribution in [0.1, 0.15) is 20.8 Å². The van der Waals surface area contributed by atoms with E-state index in [1.807, 2.05) is 24.3 Å². The van der Waals surface area contributed by atoms with E-state index >= 15 is 0 Å². The lowest BCUT2D eigenvalue weighted by Gasteiger charge is -2.08. The van der Waals surface area contributed by atoms with Crippen LogP contribution in [0.3, 0.4) is 0 Å². The van der Waals surface area contributed by atoms with Crippen molar-refractivity contribution in [3.63, 3.8) is 0 Å². The van der Waals surface area contributed by atoms with Gasteiger partial charge in [0.15, 0.2) is 5.69 Å². The smallest absolute Gasteiger partial charge is 0.277 e. The summed E-state index contributed by atoms with van der Waals surface area (Å²) in [5, 5.41) is 13.1. The molecule has 8 heteroatoms. The van der Waals surface area contributed by atoms with Crippen LogP contribution in [0.4, 0.5) is 5.69 Å². The van der Waals surface area contributed by atoms with Crippen LogP contribution in [-0.2, 0) is 0 Å². The second-order valence-electron chi connectivity index (χ2n) is 5.11. The highest BCUT2D eigenvalue weighted by molar-refractivity contribution is 9.10. The van der Waals surface area contributed by atoms with Gasteiger partial charge >= 0.3 is 0 Å². The normalized spacial score (nSPS) is 10.3. The average molecular weight is 400 g/mol. The molecule has 3 aromatic rings. The minimum absolute atomic E-state index is 0.145. The molecule has 0 unspecified atom stereocenters. The summed E-state index contributed by atoms with van der Waals surface area (Å²) in [6.45, 7) is 0. The molecule has 126 valence electrons. The molecule has 0 fully saturated rings. The molecule has 0 radical (unpaired) electrons. The Morgan fingerprint density at radius 2 is 1.88 bits per heavy atom. The molecule has 1 heterocycles. The lowest BCUT2D eigenvalue weighted by Crippen LogP contribution is -2.21. The molecule has 0 aliphatic rings. The summed E-state index contributed by atoms with van der Waals surface area (Å²) in [5.41, 5.74) is 1.69. The van der Waals surface area contributed by atoms with Crippen molar-refractivity contribution < 1.29 is 9.59 Å². The number of halogens is 1. The summed E-state index contributed by atoms with van der Waals surface area (Å²) in [5.74, 6) is -0.730. The van der Waals surface area contributed by atoms with Crippen molar-refractivity contribution in [2.45, 2.75) is 0 Å². The van der Waals surface area contributed by atoms with Gasteiger partial charge in [0.05, 0.1) is 23.1 Å². The molecule has 0 saturated heterocycles. The first-order chi connectivity index (χ1) is 12.1. The van der Waals surface area contributed by atoms with Gasteiger partial charge in [-0.15, -0.1) is 5.10 Å². The molecule has 7 nitrogen and oxygen atoms in total. The number of anilines is 1. The molecule has 0 atom stereocenters. The summed E-state index contributed by atoms with van der Waals surface area (Å²) in [6, 6.07) is 14.2. The molecule has 0 aliphatic carbocycles. The quantitative estimate of drug-likeness (QED) is 0.705. The van der Waals surface area contributed by atoms with Crippen molar-refractivity contribution in [3.05, 3.63) is 70.5 Å². The minimum atomic E-state index is -0.447. The Balaban J connectivity index is 1.83. The zero-order valence-corrected chi connectivity index (χ0v) is 14.8. The van der Waals surface area contributed by atoms with E-state index in [1.54, 1.807) is 24.3 Å². The number of benzene rings is 2. The molecule has 1 aromatic heterocycles. The Morgan fingerprint density at radius 1 is 1.08 bits per heavy atom. The summed E-state index contributed by atoms with van der Waals surface area (Å²) in [4.78, 5) is 24.3. The van der Waals surface area contributed by atoms with E-state index in [9.17, 15) is 9.59 Å². The van der Waals surface area contributed by atoms with Gasteiger partial charge in [-0.1, -0.05) is 39.3 Å². The number of nitrogens with one attached hydrogen (secondary N) is 2. The summed E-state index contributed by atoms with van der Waals surface area (Å²) >= 11 is 3.39. The number of hydrogen-bond acceptors (Lipinski definition) is 4. The molecule has 0 aliphatic heterocycles. The van der Waals surface area contributed by atoms with E-state index in [0.717, 1.165) is 10.2 Å². The van der Waals surface area contributed by atoms with Crippen molar-refractivity contribution in [2.75, 3.05) is 12.4 Å². The predicted octanol–water partition coefficient (Wildman–Crippen LogP) is 2.64. The Morgan fingerprint density at radius 3 is 2.64 bits per heavy atom. The lowest BCUT2D eigenvalue weighted by molar-refractivity contribution is 0.0964. The van der Waals surface area contributed by atoms with E-state index in [0.29, 0.717) is 11.3 Å². The SMILES string of the molecule is CNC(=O)c1ccccc1NC(=O)c1cn(-c2cccc(Br)c2)nn1. The van der Waals surface area contributed by atoms with E-state index < -0.39 is 5.91 Å². The largest absolute Gasteiger partial charge is 0.355 e. The molecule has 2 N–H and O–H groups in total. The second-order valence-corrected chi connectivity index (χ2v) is 6.02. The van der Waals surface area contributed by atoms with Crippen molar-refractivity contribution in [3.8, 4) is 5.69 Å². The van der Waals surface area contributed by atoms with Crippen LogP contribution in [0, 0.1) is 0 Å². The van der Waals surface area contributed by atoms with Crippen LogP contribution in [0.15, 0.2) is 59.2 Å². The summed E-state index contributed by atoms with van der Waals surface area (Å²) in [7, 11) is 1.53. The fraction of sp³-hybridized carbons (Fsp3) is 0.0588. The van der Waals surface area contributed by atoms with Gasteiger partial charge in [0.25, 0.3) is 11.8 Å². The first kappa shape index (κ1) is 16.8. The van der Waals surface area contributed by atoms with Gasteiger partial charge in [-0.2, -0.15) is 0 Å². The molecule has 3 rings (SSSR count). The van der Waals surface area contributed by atoms with Crippen LogP contribution >= 0.6 is 15.9 Å². The predicted molar refractivity (Wildman–Crippen MR) is 96.8 cm³/mol. The molecule has 2 amide bonds. The number of hydrogen-bond donors (Lipinski definition) is 2. The first-order valence-electron chi connectivity index (χ1n) is 7.39. The maximum atomic E-state index is 12.4. The van der Waals surface area contributed by atoms with Gasteiger partial charge < -0.3 is 10.6 Å².